The Morgan fingerprint density at radius 1 is 0.941 bits per heavy atom. The topological polar surface area (TPSA) is 95.6 Å². The highest BCUT2D eigenvalue weighted by Crippen LogP contribution is 2.66. The van der Waals surface area contributed by atoms with Crippen LogP contribution in [0.3, 0.4) is 0 Å². The number of nitrogens with zero attached hydrogens (tertiary/aromatic N) is 3. The fraction of sp³-hybridized carbons (Fsp3) is 0.619. The number of aromatic nitrogens is 2. The van der Waals surface area contributed by atoms with Crippen molar-refractivity contribution in [3.8, 4) is 0 Å². The highest BCUT2D eigenvalue weighted by Gasteiger charge is 2.60. The molecule has 4 saturated carbocycles. The molecule has 4 aliphatic carbocycles. The molecule has 5 aliphatic rings. The monoisotopic (exact) mass is 696 g/mol. The minimum Gasteiger partial charge on any atom is -0.378 e. The Labute approximate surface area is 300 Å². The zero-order valence-electron chi connectivity index (χ0n) is 30.3. The molecule has 51 heavy (non-hydrogen) atoms. The summed E-state index contributed by atoms with van der Waals surface area (Å²) >= 11 is 0. The van der Waals surface area contributed by atoms with Gasteiger partial charge in [0.05, 0.1) is 22.7 Å². The Morgan fingerprint density at radius 2 is 1.73 bits per heavy atom. The van der Waals surface area contributed by atoms with Crippen molar-refractivity contribution in [2.75, 3.05) is 39.3 Å². The van der Waals surface area contributed by atoms with Crippen LogP contribution in [0.2, 0.25) is 0 Å². The summed E-state index contributed by atoms with van der Waals surface area (Å²) in [6, 6.07) is 12.0. The molecule has 0 spiro atoms. The lowest BCUT2D eigenvalue weighted by atomic mass is 9.45. The lowest BCUT2D eigenvalue weighted by molar-refractivity contribution is -0.145. The van der Waals surface area contributed by atoms with Crippen LogP contribution in [0.1, 0.15) is 99.7 Å². The van der Waals surface area contributed by atoms with Gasteiger partial charge in [-0.3, -0.25) is 19.3 Å². The zero-order valence-corrected chi connectivity index (χ0v) is 30.3. The third-order valence-corrected chi connectivity index (χ3v) is 14.4. The summed E-state index contributed by atoms with van der Waals surface area (Å²) in [6.07, 6.45) is 11.9. The first kappa shape index (κ1) is 34.6. The van der Waals surface area contributed by atoms with Crippen LogP contribution in [0.5, 0.6) is 0 Å². The first-order valence-electron chi connectivity index (χ1n) is 19.5. The lowest BCUT2D eigenvalue weighted by Gasteiger charge is -2.60. The van der Waals surface area contributed by atoms with Crippen molar-refractivity contribution in [2.45, 2.75) is 90.6 Å². The van der Waals surface area contributed by atoms with Crippen LogP contribution in [0.4, 0.5) is 4.39 Å². The Kier molecular flexibility index (Phi) is 9.41. The molecule has 1 saturated heterocycles. The van der Waals surface area contributed by atoms with Crippen molar-refractivity contribution in [3.05, 3.63) is 75.5 Å². The van der Waals surface area contributed by atoms with Crippen molar-refractivity contribution in [3.63, 3.8) is 0 Å². The van der Waals surface area contributed by atoms with Gasteiger partial charge in [-0.1, -0.05) is 38.1 Å². The Hall–Kier alpha value is -3.43. The number of Topliss-reactive ketones (excluding diaryl/α,β-unsaturated/α-hetero) is 1. The molecule has 0 bridgehead atoms. The molecule has 9 heteroatoms. The molecule has 1 aromatic heterocycles. The van der Waals surface area contributed by atoms with Gasteiger partial charge in [0.15, 0.2) is 0 Å². The standard InChI is InChI=1S/C42H53FN4O4/c1-41-16-14-29(48)26-28(41)9-10-32-34-11-13-38(42(34,2)17-15-35(32)41)51-23-5-18-46-19-21-47(22-20-46)40(50)33-24-27(8-12-36(33)43)25-37-30-6-3-4-7-31(30)39(49)45-44-37/h3-4,6-8,12,24,28,32,34-35,38H,5,9-11,13-23,25-26H2,1-2H3,(H,45,49)/t28-,32-,34-,35-,38-,41-,42-/m0/s1. The SMILES string of the molecule is C[C@]12CCC(=O)C[C@@H]1CC[C@@H]1[C@@H]2CC[C@]2(C)[C@@H](OCCCN3CCN(C(=O)c4cc(Cc5n[nH]c(=O)c6ccccc56)ccc4F)CC3)CC[C@@H]12. The molecule has 3 aromatic rings. The van der Waals surface area contributed by atoms with E-state index in [1.807, 2.05) is 18.2 Å². The maximum Gasteiger partial charge on any atom is 0.272 e. The second-order valence-electron chi connectivity index (χ2n) is 16.9. The van der Waals surface area contributed by atoms with Gasteiger partial charge in [-0.15, -0.1) is 0 Å². The number of carbonyl (C=O) groups excluding carboxylic acids is 2. The summed E-state index contributed by atoms with van der Waals surface area (Å²) in [5.41, 5.74) is 1.89. The van der Waals surface area contributed by atoms with E-state index >= 15 is 0 Å². The van der Waals surface area contributed by atoms with Crippen molar-refractivity contribution in [1.82, 2.24) is 20.0 Å². The minimum absolute atomic E-state index is 0.0801. The summed E-state index contributed by atoms with van der Waals surface area (Å²) in [7, 11) is 0. The van der Waals surface area contributed by atoms with Gasteiger partial charge in [-0.2, -0.15) is 5.10 Å². The first-order valence-corrected chi connectivity index (χ1v) is 19.5. The Bertz CT molecular complexity index is 1850. The van der Waals surface area contributed by atoms with Crippen LogP contribution < -0.4 is 5.56 Å². The number of hydrogen-bond donors (Lipinski definition) is 1. The van der Waals surface area contributed by atoms with Crippen molar-refractivity contribution < 1.29 is 18.7 Å². The third kappa shape index (κ3) is 6.36. The molecule has 1 N–H and O–H groups in total. The highest BCUT2D eigenvalue weighted by molar-refractivity contribution is 5.95. The van der Waals surface area contributed by atoms with E-state index in [4.69, 9.17) is 4.74 Å². The van der Waals surface area contributed by atoms with Crippen LogP contribution >= 0.6 is 0 Å². The maximum atomic E-state index is 15.0. The predicted molar refractivity (Wildman–Crippen MR) is 195 cm³/mol. The first-order chi connectivity index (χ1) is 24.6. The van der Waals surface area contributed by atoms with Gasteiger partial charge in [0.2, 0.25) is 0 Å². The number of H-pyrrole nitrogens is 1. The van der Waals surface area contributed by atoms with Gasteiger partial charge in [0.25, 0.3) is 11.5 Å². The van der Waals surface area contributed by atoms with Crippen molar-refractivity contribution in [1.29, 1.82) is 0 Å². The fourth-order valence-corrected chi connectivity index (χ4v) is 11.5. The molecular weight excluding hydrogens is 643 g/mol. The van der Waals surface area contributed by atoms with Crippen molar-refractivity contribution >= 4 is 22.5 Å². The van der Waals surface area contributed by atoms with Crippen LogP contribution in [0.25, 0.3) is 10.8 Å². The number of rotatable bonds is 8. The molecule has 2 heterocycles. The molecule has 1 amide bonds. The number of ether oxygens (including phenoxy) is 1. The van der Waals surface area contributed by atoms with Crippen LogP contribution in [0.15, 0.2) is 47.3 Å². The number of ketones is 1. The van der Waals surface area contributed by atoms with Crippen molar-refractivity contribution in [2.24, 2.45) is 34.5 Å². The van der Waals surface area contributed by atoms with E-state index in [-0.39, 0.29) is 22.4 Å². The number of nitrogens with one attached hydrogen (secondary N) is 1. The molecule has 8 nitrogen and oxygen atoms in total. The van der Waals surface area contributed by atoms with E-state index < -0.39 is 5.82 Å². The van der Waals surface area contributed by atoms with E-state index in [1.165, 1.54) is 44.6 Å². The molecular formula is C42H53FN4O4. The molecule has 1 aliphatic heterocycles. The molecule has 0 radical (unpaired) electrons. The Morgan fingerprint density at radius 3 is 2.55 bits per heavy atom. The minimum atomic E-state index is -0.522. The lowest BCUT2D eigenvalue weighted by Crippen LogP contribution is -2.54. The average molecular weight is 697 g/mol. The quantitative estimate of drug-likeness (QED) is 0.261. The Balaban J connectivity index is 0.811. The van der Waals surface area contributed by atoms with E-state index in [0.717, 1.165) is 80.6 Å². The number of halogens is 1. The smallest absolute Gasteiger partial charge is 0.272 e. The third-order valence-electron chi connectivity index (χ3n) is 14.4. The summed E-state index contributed by atoms with van der Waals surface area (Å²) in [6.45, 7) is 9.39. The number of benzene rings is 2. The van der Waals surface area contributed by atoms with E-state index in [9.17, 15) is 18.8 Å². The number of hydrogen-bond acceptors (Lipinski definition) is 6. The van der Waals surface area contributed by atoms with Crippen LogP contribution in [-0.4, -0.2) is 77.1 Å². The average Bonchev–Trinajstić information content (AvgIpc) is 3.48. The van der Waals surface area contributed by atoms with Gasteiger partial charge in [0.1, 0.15) is 11.6 Å². The number of piperazine rings is 1. The van der Waals surface area contributed by atoms with Gasteiger partial charge in [-0.05, 0) is 110 Å². The predicted octanol–water partition coefficient (Wildman–Crippen LogP) is 6.80. The zero-order chi connectivity index (χ0) is 35.3. The van der Waals surface area contributed by atoms with Gasteiger partial charge in [-0.25, -0.2) is 9.49 Å². The molecule has 8 rings (SSSR count). The summed E-state index contributed by atoms with van der Waals surface area (Å²) in [5, 5.41) is 8.11. The number of fused-ring (bicyclic) bond motifs is 6. The number of amides is 1. The highest BCUT2D eigenvalue weighted by atomic mass is 19.1. The van der Waals surface area contributed by atoms with E-state index in [0.29, 0.717) is 53.8 Å². The van der Waals surface area contributed by atoms with Crippen LogP contribution in [-0.2, 0) is 16.0 Å². The molecule has 7 atom stereocenters. The summed E-state index contributed by atoms with van der Waals surface area (Å²) < 4.78 is 21.7. The normalized spacial score (nSPS) is 32.4. The summed E-state index contributed by atoms with van der Waals surface area (Å²) in [5.74, 6) is 2.59. The maximum absolute atomic E-state index is 15.0. The van der Waals surface area contributed by atoms with E-state index in [2.05, 4.69) is 28.9 Å². The van der Waals surface area contributed by atoms with Gasteiger partial charge in [0, 0.05) is 64.0 Å². The molecule has 272 valence electrons. The molecule has 5 fully saturated rings. The van der Waals surface area contributed by atoms with Gasteiger partial charge < -0.3 is 9.64 Å². The van der Waals surface area contributed by atoms with Gasteiger partial charge >= 0.3 is 0 Å². The van der Waals surface area contributed by atoms with Crippen LogP contribution in [0, 0.1) is 40.3 Å². The molecule has 2 aromatic carbocycles. The molecule has 0 unspecified atom stereocenters. The van der Waals surface area contributed by atoms with E-state index in [1.54, 1.807) is 23.1 Å². The fourth-order valence-electron chi connectivity index (χ4n) is 11.5. The number of carbonyl (C=O) groups is 2. The second-order valence-corrected chi connectivity index (χ2v) is 16.9. The second kappa shape index (κ2) is 13.8. The largest absolute Gasteiger partial charge is 0.378 e. The number of aromatic amines is 1. The summed E-state index contributed by atoms with van der Waals surface area (Å²) in [4.78, 5) is 42.1.